The van der Waals surface area contributed by atoms with E-state index in [-0.39, 0.29) is 17.5 Å². The van der Waals surface area contributed by atoms with Gasteiger partial charge in [-0.1, -0.05) is 13.8 Å². The number of piperidine rings is 3. The summed E-state index contributed by atoms with van der Waals surface area (Å²) in [5, 5.41) is 0.767. The Balaban J connectivity index is 1.72. The molecule has 138 valence electrons. The Kier molecular flexibility index (Phi) is 4.67. The number of anilines is 1. The van der Waals surface area contributed by atoms with Gasteiger partial charge >= 0.3 is 0 Å². The number of carbonyl (C=O) groups is 1. The average molecular weight is 372 g/mol. The Morgan fingerprint density at radius 1 is 1.35 bits per heavy atom. The number of aromatic amines is 1. The summed E-state index contributed by atoms with van der Waals surface area (Å²) < 4.78 is 0. The van der Waals surface area contributed by atoms with Gasteiger partial charge < -0.3 is 9.88 Å². The van der Waals surface area contributed by atoms with Crippen molar-refractivity contribution in [3.05, 3.63) is 45.3 Å². The van der Waals surface area contributed by atoms with Crippen molar-refractivity contribution in [2.75, 3.05) is 24.5 Å². The molecule has 2 bridgehead atoms. The predicted octanol–water partition coefficient (Wildman–Crippen LogP) is 2.70. The van der Waals surface area contributed by atoms with E-state index in [1.165, 1.54) is 17.1 Å². The van der Waals surface area contributed by atoms with Crippen LogP contribution in [0.4, 0.5) is 5.13 Å². The van der Waals surface area contributed by atoms with E-state index < -0.39 is 0 Å². The van der Waals surface area contributed by atoms with Crippen molar-refractivity contribution in [3.63, 3.8) is 0 Å². The molecule has 0 aromatic carbocycles. The van der Waals surface area contributed by atoms with Crippen LogP contribution >= 0.6 is 11.3 Å². The summed E-state index contributed by atoms with van der Waals surface area (Å²) in [5.74, 6) is 0.820. The van der Waals surface area contributed by atoms with Crippen LogP contribution in [0.3, 0.4) is 0 Å². The van der Waals surface area contributed by atoms with Gasteiger partial charge in [0, 0.05) is 29.9 Å². The van der Waals surface area contributed by atoms with Crippen molar-refractivity contribution in [3.8, 4) is 0 Å². The van der Waals surface area contributed by atoms with Gasteiger partial charge in [-0.25, -0.2) is 4.98 Å². The molecule has 6 nitrogen and oxygen atoms in total. The lowest BCUT2D eigenvalue weighted by Crippen LogP contribution is -2.59. The Morgan fingerprint density at radius 2 is 2.12 bits per heavy atom. The van der Waals surface area contributed by atoms with E-state index in [0.29, 0.717) is 17.4 Å². The molecular formula is C19H24N4O2S. The van der Waals surface area contributed by atoms with Gasteiger partial charge in [0.25, 0.3) is 5.91 Å². The van der Waals surface area contributed by atoms with Crippen molar-refractivity contribution in [1.29, 1.82) is 0 Å². The molecule has 0 saturated carbocycles. The standard InChI is InChI=1S/C19H24N4O2S/c1-12(2)16-10-21-19(26-16)23(15-11-22-7-5-13(15)6-8-22)18(25)14-3-4-17(24)20-9-14/h3-4,9-10,12-13,15H,5-8,11H2,1-2H3,(H,20,24). The lowest BCUT2D eigenvalue weighted by Gasteiger charge is -2.48. The summed E-state index contributed by atoms with van der Waals surface area (Å²) in [5.41, 5.74) is 0.301. The maximum Gasteiger partial charge on any atom is 0.261 e. The minimum absolute atomic E-state index is 0.0790. The molecule has 5 heterocycles. The zero-order valence-electron chi connectivity index (χ0n) is 15.1. The number of fused-ring (bicyclic) bond motifs is 3. The van der Waals surface area contributed by atoms with Gasteiger partial charge in [-0.2, -0.15) is 0 Å². The third kappa shape index (κ3) is 3.21. The highest BCUT2D eigenvalue weighted by molar-refractivity contribution is 7.15. The Bertz CT molecular complexity index is 831. The number of thiazole rings is 1. The van der Waals surface area contributed by atoms with Gasteiger partial charge in [0.15, 0.2) is 5.13 Å². The van der Waals surface area contributed by atoms with Crippen molar-refractivity contribution >= 4 is 22.4 Å². The molecule has 2 aromatic rings. The number of rotatable bonds is 4. The van der Waals surface area contributed by atoms with E-state index in [0.717, 1.165) is 37.6 Å². The molecule has 2 aromatic heterocycles. The summed E-state index contributed by atoms with van der Waals surface area (Å²) in [7, 11) is 0. The van der Waals surface area contributed by atoms with Crippen molar-refractivity contribution in [2.24, 2.45) is 5.92 Å². The second kappa shape index (κ2) is 6.96. The summed E-state index contributed by atoms with van der Waals surface area (Å²) in [6, 6.07) is 3.15. The lowest BCUT2D eigenvalue weighted by molar-refractivity contribution is 0.0734. The lowest BCUT2D eigenvalue weighted by atomic mass is 9.83. The number of pyridine rings is 1. The molecule has 1 amide bonds. The van der Waals surface area contributed by atoms with Gasteiger partial charge in [0.2, 0.25) is 5.56 Å². The quantitative estimate of drug-likeness (QED) is 0.896. The van der Waals surface area contributed by atoms with Crippen LogP contribution in [0.15, 0.2) is 29.3 Å². The highest BCUT2D eigenvalue weighted by Crippen LogP contribution is 2.37. The highest BCUT2D eigenvalue weighted by Gasteiger charge is 2.41. The Hall–Kier alpha value is -1.99. The molecule has 3 aliphatic heterocycles. The van der Waals surface area contributed by atoms with E-state index in [9.17, 15) is 9.59 Å². The SMILES string of the molecule is CC(C)c1cnc(N(C(=O)c2ccc(=O)[nH]c2)C2CN3CCC2CC3)s1. The molecule has 5 rings (SSSR count). The molecule has 7 heteroatoms. The van der Waals surface area contributed by atoms with Crippen LogP contribution in [0.25, 0.3) is 0 Å². The number of H-pyrrole nitrogens is 1. The first-order chi connectivity index (χ1) is 12.5. The monoisotopic (exact) mass is 372 g/mol. The van der Waals surface area contributed by atoms with Crippen LogP contribution in [0.1, 0.15) is 47.8 Å². The van der Waals surface area contributed by atoms with E-state index in [1.807, 2.05) is 11.1 Å². The summed E-state index contributed by atoms with van der Waals surface area (Å²) in [6.07, 6.45) is 5.65. The highest BCUT2D eigenvalue weighted by atomic mass is 32.1. The smallest absolute Gasteiger partial charge is 0.261 e. The third-order valence-electron chi connectivity index (χ3n) is 5.49. The van der Waals surface area contributed by atoms with Crippen LogP contribution in [-0.2, 0) is 0 Å². The van der Waals surface area contributed by atoms with E-state index in [2.05, 4.69) is 28.7 Å². The average Bonchev–Trinajstić information content (AvgIpc) is 3.13. The fraction of sp³-hybridized carbons (Fsp3) is 0.526. The second-order valence-corrected chi connectivity index (χ2v) is 8.56. The van der Waals surface area contributed by atoms with E-state index in [1.54, 1.807) is 17.4 Å². The molecule has 3 saturated heterocycles. The van der Waals surface area contributed by atoms with Gasteiger partial charge in [-0.3, -0.25) is 14.5 Å². The van der Waals surface area contributed by atoms with Crippen LogP contribution in [0.2, 0.25) is 0 Å². The minimum atomic E-state index is -0.202. The first-order valence-corrected chi connectivity index (χ1v) is 10.0. The zero-order valence-corrected chi connectivity index (χ0v) is 16.0. The molecule has 0 aliphatic carbocycles. The van der Waals surface area contributed by atoms with Crippen LogP contribution in [0.5, 0.6) is 0 Å². The molecule has 0 spiro atoms. The van der Waals surface area contributed by atoms with Gasteiger partial charge in [-0.15, -0.1) is 11.3 Å². The van der Waals surface area contributed by atoms with Crippen molar-refractivity contribution < 1.29 is 4.79 Å². The largest absolute Gasteiger partial charge is 0.328 e. The summed E-state index contributed by atoms with van der Waals surface area (Å²) in [6.45, 7) is 7.42. The van der Waals surface area contributed by atoms with Crippen LogP contribution < -0.4 is 10.5 Å². The topological polar surface area (TPSA) is 69.3 Å². The summed E-state index contributed by atoms with van der Waals surface area (Å²) >= 11 is 1.60. The van der Waals surface area contributed by atoms with E-state index in [4.69, 9.17) is 0 Å². The fourth-order valence-corrected chi connectivity index (χ4v) is 4.92. The van der Waals surface area contributed by atoms with Crippen LogP contribution in [-0.4, -0.2) is 46.5 Å². The molecular weight excluding hydrogens is 348 g/mol. The predicted molar refractivity (Wildman–Crippen MR) is 103 cm³/mol. The first-order valence-electron chi connectivity index (χ1n) is 9.23. The first kappa shape index (κ1) is 17.4. The maximum atomic E-state index is 13.4. The number of nitrogens with one attached hydrogen (secondary N) is 1. The number of hydrogen-bond donors (Lipinski definition) is 1. The minimum Gasteiger partial charge on any atom is -0.328 e. The third-order valence-corrected chi connectivity index (χ3v) is 6.79. The molecule has 1 atom stereocenters. The van der Waals surface area contributed by atoms with Crippen LogP contribution in [0, 0.1) is 5.92 Å². The number of amides is 1. The van der Waals surface area contributed by atoms with Gasteiger partial charge in [0.05, 0.1) is 11.6 Å². The van der Waals surface area contributed by atoms with Gasteiger partial charge in [0.1, 0.15) is 0 Å². The fourth-order valence-electron chi connectivity index (χ4n) is 3.94. The number of nitrogens with zero attached hydrogens (tertiary/aromatic N) is 3. The number of carbonyl (C=O) groups excluding carboxylic acids is 1. The number of aromatic nitrogens is 2. The van der Waals surface area contributed by atoms with Gasteiger partial charge in [-0.05, 0) is 43.8 Å². The molecule has 26 heavy (non-hydrogen) atoms. The van der Waals surface area contributed by atoms with Crippen molar-refractivity contribution in [2.45, 2.75) is 38.6 Å². The number of hydrogen-bond acceptors (Lipinski definition) is 5. The zero-order chi connectivity index (χ0) is 18.3. The van der Waals surface area contributed by atoms with Crippen molar-refractivity contribution in [1.82, 2.24) is 14.9 Å². The second-order valence-electron chi connectivity index (χ2n) is 7.52. The molecule has 1 unspecified atom stereocenters. The maximum absolute atomic E-state index is 13.4. The summed E-state index contributed by atoms with van der Waals surface area (Å²) in [4.78, 5) is 37.5. The van der Waals surface area contributed by atoms with E-state index >= 15 is 0 Å². The molecule has 0 radical (unpaired) electrons. The molecule has 1 N–H and O–H groups in total. The molecule has 3 aliphatic rings. The normalized spacial score (nSPS) is 24.8. The molecule has 3 fully saturated rings. The Morgan fingerprint density at radius 3 is 2.65 bits per heavy atom. The Labute approximate surface area is 156 Å².